The van der Waals surface area contributed by atoms with E-state index in [1.54, 1.807) is 24.3 Å². The summed E-state index contributed by atoms with van der Waals surface area (Å²) in [7, 11) is 1.50. The number of rotatable bonds is 3. The zero-order valence-corrected chi connectivity index (χ0v) is 12.3. The van der Waals surface area contributed by atoms with E-state index in [0.29, 0.717) is 16.4 Å². The first kappa shape index (κ1) is 14.2. The number of hydrogen-bond donors (Lipinski definition) is 1. The van der Waals surface area contributed by atoms with Crippen LogP contribution in [0.15, 0.2) is 35.4 Å². The van der Waals surface area contributed by atoms with Gasteiger partial charge >= 0.3 is 0 Å². The lowest BCUT2D eigenvalue weighted by Gasteiger charge is -2.04. The van der Waals surface area contributed by atoms with E-state index in [4.69, 9.17) is 11.6 Å². The molecule has 0 aliphatic rings. The summed E-state index contributed by atoms with van der Waals surface area (Å²) in [4.78, 5) is 27.8. The Morgan fingerprint density at radius 3 is 2.73 bits per heavy atom. The Bertz CT molecular complexity index is 899. The molecule has 0 fully saturated rings. The predicted octanol–water partition coefficient (Wildman–Crippen LogP) is 0.377. The first-order valence-corrected chi connectivity index (χ1v) is 6.75. The normalized spacial score (nSPS) is 10.8. The van der Waals surface area contributed by atoms with Crippen molar-refractivity contribution in [1.29, 1.82) is 0 Å². The second kappa shape index (κ2) is 5.57. The van der Waals surface area contributed by atoms with E-state index in [0.717, 1.165) is 0 Å². The van der Waals surface area contributed by atoms with Crippen molar-refractivity contribution in [1.82, 2.24) is 29.9 Å². The summed E-state index contributed by atoms with van der Waals surface area (Å²) < 4.78 is 2.62. The molecule has 8 nitrogen and oxygen atoms in total. The minimum absolute atomic E-state index is 0.0985. The van der Waals surface area contributed by atoms with Crippen molar-refractivity contribution in [2.45, 2.75) is 6.54 Å². The van der Waals surface area contributed by atoms with Crippen molar-refractivity contribution in [3.8, 4) is 5.69 Å². The number of nitrogens with one attached hydrogen (secondary N) is 1. The van der Waals surface area contributed by atoms with E-state index >= 15 is 0 Å². The predicted molar refractivity (Wildman–Crippen MR) is 80.0 cm³/mol. The number of amides is 1. The molecule has 0 saturated carbocycles. The maximum Gasteiger partial charge on any atom is 0.284 e. The van der Waals surface area contributed by atoms with Gasteiger partial charge in [-0.3, -0.25) is 14.2 Å². The fourth-order valence-electron chi connectivity index (χ4n) is 1.95. The molecule has 0 spiro atoms. The molecular weight excluding hydrogens is 308 g/mol. The van der Waals surface area contributed by atoms with E-state index in [2.05, 4.69) is 20.6 Å². The number of carbonyl (C=O) groups is 1. The first-order chi connectivity index (χ1) is 10.6. The van der Waals surface area contributed by atoms with Crippen molar-refractivity contribution in [2.24, 2.45) is 0 Å². The third-order valence-electron chi connectivity index (χ3n) is 3.09. The Morgan fingerprint density at radius 2 is 2.05 bits per heavy atom. The van der Waals surface area contributed by atoms with Crippen LogP contribution in [0.1, 0.15) is 0 Å². The van der Waals surface area contributed by atoms with E-state index in [9.17, 15) is 9.59 Å². The fourth-order valence-corrected chi connectivity index (χ4v) is 2.07. The van der Waals surface area contributed by atoms with E-state index < -0.39 is 5.56 Å². The Morgan fingerprint density at radius 1 is 1.32 bits per heavy atom. The van der Waals surface area contributed by atoms with Gasteiger partial charge in [-0.25, -0.2) is 4.98 Å². The molecule has 0 unspecified atom stereocenters. The molecule has 112 valence electrons. The first-order valence-electron chi connectivity index (χ1n) is 6.37. The summed E-state index contributed by atoms with van der Waals surface area (Å²) in [5, 5.41) is 10.8. The van der Waals surface area contributed by atoms with Crippen LogP contribution in [0.4, 0.5) is 0 Å². The molecule has 1 N–H and O–H groups in total. The van der Waals surface area contributed by atoms with Gasteiger partial charge in [-0.2, -0.15) is 4.68 Å². The van der Waals surface area contributed by atoms with Gasteiger partial charge in [0, 0.05) is 12.1 Å². The lowest BCUT2D eigenvalue weighted by atomic mass is 10.3. The van der Waals surface area contributed by atoms with Gasteiger partial charge in [-0.15, -0.1) is 5.10 Å². The van der Waals surface area contributed by atoms with Crippen molar-refractivity contribution < 1.29 is 4.79 Å². The number of benzene rings is 1. The standard InChI is InChI=1S/C13H11ClN6O2/c1-15-10(21)6-19-7-16-12-11(13(19)22)17-18-20(12)9-4-2-8(14)3-5-9/h2-5,7H,6H2,1H3,(H,15,21). The molecule has 3 rings (SSSR count). The van der Waals surface area contributed by atoms with E-state index in [1.165, 1.54) is 22.6 Å². The second-order valence-electron chi connectivity index (χ2n) is 4.50. The van der Waals surface area contributed by atoms with Gasteiger partial charge in [0.1, 0.15) is 12.9 Å². The lowest BCUT2D eigenvalue weighted by Crippen LogP contribution is -2.30. The minimum atomic E-state index is -0.422. The van der Waals surface area contributed by atoms with E-state index in [1.807, 2.05) is 0 Å². The van der Waals surface area contributed by atoms with Crippen LogP contribution < -0.4 is 10.9 Å². The molecule has 22 heavy (non-hydrogen) atoms. The molecule has 3 aromatic rings. The Hall–Kier alpha value is -2.74. The number of fused-ring (bicyclic) bond motifs is 1. The van der Waals surface area contributed by atoms with Gasteiger partial charge in [-0.1, -0.05) is 16.8 Å². The Balaban J connectivity index is 2.09. The Labute approximate surface area is 129 Å². The maximum absolute atomic E-state index is 12.3. The number of halogens is 1. The summed E-state index contributed by atoms with van der Waals surface area (Å²) in [6, 6.07) is 6.90. The molecule has 0 bridgehead atoms. The van der Waals surface area contributed by atoms with E-state index in [-0.39, 0.29) is 18.0 Å². The van der Waals surface area contributed by atoms with Gasteiger partial charge in [0.2, 0.25) is 5.91 Å². The van der Waals surface area contributed by atoms with Crippen LogP contribution in [0.2, 0.25) is 5.02 Å². The Kier molecular flexibility index (Phi) is 3.60. The summed E-state index contributed by atoms with van der Waals surface area (Å²) >= 11 is 5.85. The highest BCUT2D eigenvalue weighted by Crippen LogP contribution is 2.15. The zero-order valence-electron chi connectivity index (χ0n) is 11.5. The smallest absolute Gasteiger partial charge is 0.284 e. The zero-order chi connectivity index (χ0) is 15.7. The highest BCUT2D eigenvalue weighted by molar-refractivity contribution is 6.30. The van der Waals surface area contributed by atoms with Crippen LogP contribution in [0, 0.1) is 0 Å². The minimum Gasteiger partial charge on any atom is -0.358 e. The average Bonchev–Trinajstić information content (AvgIpc) is 2.95. The largest absolute Gasteiger partial charge is 0.358 e. The number of hydrogen-bond acceptors (Lipinski definition) is 5. The third-order valence-corrected chi connectivity index (χ3v) is 3.35. The van der Waals surface area contributed by atoms with Crippen LogP contribution in [-0.2, 0) is 11.3 Å². The fraction of sp³-hybridized carbons (Fsp3) is 0.154. The summed E-state index contributed by atoms with van der Waals surface area (Å²) in [5.41, 5.74) is 0.679. The summed E-state index contributed by atoms with van der Waals surface area (Å²) in [6.07, 6.45) is 1.30. The van der Waals surface area contributed by atoms with Crippen molar-refractivity contribution in [2.75, 3.05) is 7.05 Å². The van der Waals surface area contributed by atoms with Crippen LogP contribution in [0.3, 0.4) is 0 Å². The number of carbonyl (C=O) groups excluding carboxylic acids is 1. The molecule has 2 aromatic heterocycles. The highest BCUT2D eigenvalue weighted by Gasteiger charge is 2.14. The lowest BCUT2D eigenvalue weighted by molar-refractivity contribution is -0.121. The van der Waals surface area contributed by atoms with Gasteiger partial charge in [0.05, 0.1) is 5.69 Å². The van der Waals surface area contributed by atoms with Crippen LogP contribution in [0.5, 0.6) is 0 Å². The summed E-state index contributed by atoms with van der Waals surface area (Å²) in [6.45, 7) is -0.119. The molecule has 0 aliphatic heterocycles. The topological polar surface area (TPSA) is 94.7 Å². The van der Waals surface area contributed by atoms with Crippen LogP contribution in [-0.4, -0.2) is 37.5 Å². The number of likely N-dealkylation sites (N-methyl/N-ethyl adjacent to an activating group) is 1. The van der Waals surface area contributed by atoms with Crippen LogP contribution >= 0.6 is 11.6 Å². The van der Waals surface area contributed by atoms with Gasteiger partial charge in [0.15, 0.2) is 11.2 Å². The quantitative estimate of drug-likeness (QED) is 0.753. The second-order valence-corrected chi connectivity index (χ2v) is 4.94. The molecule has 0 aliphatic carbocycles. The molecule has 1 aromatic carbocycles. The molecule has 9 heteroatoms. The number of nitrogens with zero attached hydrogens (tertiary/aromatic N) is 5. The average molecular weight is 319 g/mol. The molecule has 0 radical (unpaired) electrons. The molecular formula is C13H11ClN6O2. The van der Waals surface area contributed by atoms with Gasteiger partial charge < -0.3 is 5.32 Å². The third kappa shape index (κ3) is 2.44. The highest BCUT2D eigenvalue weighted by atomic mass is 35.5. The van der Waals surface area contributed by atoms with Crippen molar-refractivity contribution >= 4 is 28.7 Å². The molecule has 1 amide bonds. The molecule has 0 saturated heterocycles. The summed E-state index contributed by atoms with van der Waals surface area (Å²) in [5.74, 6) is -0.298. The van der Waals surface area contributed by atoms with Gasteiger partial charge in [-0.05, 0) is 24.3 Å². The number of aromatic nitrogens is 5. The van der Waals surface area contributed by atoms with Crippen molar-refractivity contribution in [3.63, 3.8) is 0 Å². The van der Waals surface area contributed by atoms with Crippen molar-refractivity contribution in [3.05, 3.63) is 46.0 Å². The maximum atomic E-state index is 12.3. The van der Waals surface area contributed by atoms with Gasteiger partial charge in [0.25, 0.3) is 5.56 Å². The monoisotopic (exact) mass is 318 g/mol. The molecule has 2 heterocycles. The van der Waals surface area contributed by atoms with Crippen LogP contribution in [0.25, 0.3) is 16.9 Å². The molecule has 0 atom stereocenters. The SMILES string of the molecule is CNC(=O)Cn1cnc2c(nnn2-c2ccc(Cl)cc2)c1=O.